The number of hydrogen-bond donors (Lipinski definition) is 1. The molecule has 1 aromatic heterocycles. The smallest absolute Gasteiger partial charge is 0.391 e. The van der Waals surface area contributed by atoms with Crippen LogP contribution < -0.4 is 0 Å². The largest absolute Gasteiger partial charge is 0.416 e. The van der Waals surface area contributed by atoms with E-state index in [0.717, 1.165) is 12.1 Å². The predicted molar refractivity (Wildman–Crippen MR) is 80.1 cm³/mol. The minimum atomic E-state index is -4.45. The molecule has 126 valence electrons. The standard InChI is InChI=1S/C17H15F3N2O2/c18-17(19,20)13-3-1-2-12(8-13)15-9-14(23)10-22(15)16(24)11-4-6-21-7-5-11/h1-8,14-15,23H,9-10H2/t14-,15+/m0/s1. The molecular weight excluding hydrogens is 321 g/mol. The lowest BCUT2D eigenvalue weighted by Crippen LogP contribution is -2.31. The third-order valence-electron chi connectivity index (χ3n) is 4.07. The van der Waals surface area contributed by atoms with Gasteiger partial charge in [0.15, 0.2) is 0 Å². The van der Waals surface area contributed by atoms with Gasteiger partial charge in [-0.2, -0.15) is 13.2 Å². The zero-order valence-electron chi connectivity index (χ0n) is 12.6. The van der Waals surface area contributed by atoms with Crippen molar-refractivity contribution >= 4 is 5.91 Å². The summed E-state index contributed by atoms with van der Waals surface area (Å²) in [5.74, 6) is -0.337. The monoisotopic (exact) mass is 336 g/mol. The third-order valence-corrected chi connectivity index (χ3v) is 4.07. The summed E-state index contributed by atoms with van der Waals surface area (Å²) in [6.45, 7) is 0.0854. The lowest BCUT2D eigenvalue weighted by molar-refractivity contribution is -0.137. The molecular formula is C17H15F3N2O2. The van der Waals surface area contributed by atoms with Gasteiger partial charge in [-0.05, 0) is 36.2 Å². The summed E-state index contributed by atoms with van der Waals surface area (Å²) in [5, 5.41) is 9.93. The van der Waals surface area contributed by atoms with Gasteiger partial charge in [-0.15, -0.1) is 0 Å². The predicted octanol–water partition coefficient (Wildman–Crippen LogP) is 3.05. The number of carbonyl (C=O) groups is 1. The highest BCUT2D eigenvalue weighted by Crippen LogP contribution is 2.36. The first-order valence-electron chi connectivity index (χ1n) is 7.42. The van der Waals surface area contributed by atoms with E-state index in [9.17, 15) is 23.1 Å². The SMILES string of the molecule is O=C(c1ccncc1)N1C[C@@H](O)C[C@@H]1c1cccc(C(F)(F)F)c1. The number of aliphatic hydroxyl groups is 1. The molecule has 2 atom stereocenters. The van der Waals surface area contributed by atoms with Crippen molar-refractivity contribution in [3.63, 3.8) is 0 Å². The fraction of sp³-hybridized carbons (Fsp3) is 0.294. The van der Waals surface area contributed by atoms with Crippen LogP contribution in [0.15, 0.2) is 48.8 Å². The maximum absolute atomic E-state index is 12.9. The van der Waals surface area contributed by atoms with Gasteiger partial charge in [-0.1, -0.05) is 12.1 Å². The van der Waals surface area contributed by atoms with E-state index >= 15 is 0 Å². The molecule has 4 nitrogen and oxygen atoms in total. The van der Waals surface area contributed by atoms with Crippen LogP contribution in [0.5, 0.6) is 0 Å². The quantitative estimate of drug-likeness (QED) is 0.917. The Kier molecular flexibility index (Phi) is 4.28. The van der Waals surface area contributed by atoms with Crippen molar-refractivity contribution in [2.45, 2.75) is 24.7 Å². The number of carbonyl (C=O) groups excluding carboxylic acids is 1. The molecule has 7 heteroatoms. The second-order valence-electron chi connectivity index (χ2n) is 5.72. The maximum Gasteiger partial charge on any atom is 0.416 e. The zero-order chi connectivity index (χ0) is 17.3. The number of aromatic nitrogens is 1. The first-order chi connectivity index (χ1) is 11.4. The van der Waals surface area contributed by atoms with Crippen molar-refractivity contribution in [2.24, 2.45) is 0 Å². The maximum atomic E-state index is 12.9. The number of pyridine rings is 1. The molecule has 1 saturated heterocycles. The summed E-state index contributed by atoms with van der Waals surface area (Å²) >= 11 is 0. The van der Waals surface area contributed by atoms with E-state index in [1.807, 2.05) is 0 Å². The van der Waals surface area contributed by atoms with Crippen LogP contribution in [-0.4, -0.2) is 33.5 Å². The summed E-state index contributed by atoms with van der Waals surface area (Å²) in [6, 6.07) is 7.37. The van der Waals surface area contributed by atoms with Gasteiger partial charge in [-0.25, -0.2) is 0 Å². The van der Waals surface area contributed by atoms with E-state index in [1.54, 1.807) is 6.07 Å². The molecule has 0 radical (unpaired) electrons. The molecule has 1 N–H and O–H groups in total. The molecule has 1 amide bonds. The van der Waals surface area contributed by atoms with Gasteiger partial charge < -0.3 is 10.0 Å². The number of alkyl halides is 3. The Balaban J connectivity index is 1.93. The number of aliphatic hydroxyl groups excluding tert-OH is 1. The minimum Gasteiger partial charge on any atom is -0.391 e. The third kappa shape index (κ3) is 3.26. The van der Waals surface area contributed by atoms with Crippen molar-refractivity contribution in [3.8, 4) is 0 Å². The highest BCUT2D eigenvalue weighted by atomic mass is 19.4. The molecule has 0 saturated carbocycles. The number of amides is 1. The topological polar surface area (TPSA) is 53.4 Å². The zero-order valence-corrected chi connectivity index (χ0v) is 12.6. The second kappa shape index (κ2) is 6.24. The molecule has 3 rings (SSSR count). The van der Waals surface area contributed by atoms with Crippen molar-refractivity contribution in [3.05, 3.63) is 65.5 Å². The molecule has 1 aromatic carbocycles. The van der Waals surface area contributed by atoms with Crippen LogP contribution in [0.25, 0.3) is 0 Å². The summed E-state index contributed by atoms with van der Waals surface area (Å²) in [5.41, 5.74) is -0.0162. The van der Waals surface area contributed by atoms with Crippen LogP contribution in [-0.2, 0) is 6.18 Å². The van der Waals surface area contributed by atoms with Crippen molar-refractivity contribution in [1.82, 2.24) is 9.88 Å². The van der Waals surface area contributed by atoms with E-state index in [-0.39, 0.29) is 18.9 Å². The number of β-amino-alcohol motifs (C(OH)–C–C–N with tert-alkyl or cyclic N) is 1. The number of benzene rings is 1. The summed E-state index contributed by atoms with van der Waals surface area (Å²) in [7, 11) is 0. The second-order valence-corrected chi connectivity index (χ2v) is 5.72. The average Bonchev–Trinajstić information content (AvgIpc) is 2.96. The first-order valence-corrected chi connectivity index (χ1v) is 7.42. The molecule has 0 aliphatic carbocycles. The van der Waals surface area contributed by atoms with Crippen molar-refractivity contribution in [1.29, 1.82) is 0 Å². The van der Waals surface area contributed by atoms with Crippen LogP contribution in [0.2, 0.25) is 0 Å². The van der Waals surface area contributed by atoms with Gasteiger partial charge in [0.25, 0.3) is 5.91 Å². The Morgan fingerprint density at radius 3 is 2.58 bits per heavy atom. The van der Waals surface area contributed by atoms with E-state index < -0.39 is 23.9 Å². The van der Waals surface area contributed by atoms with Crippen LogP contribution in [0.4, 0.5) is 13.2 Å². The van der Waals surface area contributed by atoms with E-state index in [1.165, 1.54) is 35.5 Å². The van der Waals surface area contributed by atoms with Gasteiger partial charge in [0.1, 0.15) is 0 Å². The summed E-state index contributed by atoms with van der Waals surface area (Å²) < 4.78 is 38.7. The number of nitrogens with zero attached hydrogens (tertiary/aromatic N) is 2. The van der Waals surface area contributed by atoms with Gasteiger partial charge in [-0.3, -0.25) is 9.78 Å². The first kappa shape index (κ1) is 16.4. The molecule has 1 aliphatic heterocycles. The number of hydrogen-bond acceptors (Lipinski definition) is 3. The van der Waals surface area contributed by atoms with E-state index in [0.29, 0.717) is 11.1 Å². The Morgan fingerprint density at radius 2 is 1.92 bits per heavy atom. The number of likely N-dealkylation sites (tertiary alicyclic amines) is 1. The van der Waals surface area contributed by atoms with E-state index in [2.05, 4.69) is 4.98 Å². The molecule has 2 heterocycles. The number of rotatable bonds is 2. The van der Waals surface area contributed by atoms with Crippen molar-refractivity contribution < 1.29 is 23.1 Å². The molecule has 0 bridgehead atoms. The van der Waals surface area contributed by atoms with Crippen molar-refractivity contribution in [2.75, 3.05) is 6.54 Å². The molecule has 1 fully saturated rings. The van der Waals surface area contributed by atoms with E-state index in [4.69, 9.17) is 0 Å². The highest BCUT2D eigenvalue weighted by molar-refractivity contribution is 5.94. The fourth-order valence-corrected chi connectivity index (χ4v) is 2.94. The van der Waals surface area contributed by atoms with Crippen LogP contribution in [0.1, 0.15) is 33.9 Å². The average molecular weight is 336 g/mol. The molecule has 24 heavy (non-hydrogen) atoms. The number of halogens is 3. The lowest BCUT2D eigenvalue weighted by atomic mass is 10.0. The Labute approximate surface area is 136 Å². The normalized spacial score (nSPS) is 21.1. The lowest BCUT2D eigenvalue weighted by Gasteiger charge is -2.25. The molecule has 0 unspecified atom stereocenters. The fourth-order valence-electron chi connectivity index (χ4n) is 2.94. The Hall–Kier alpha value is -2.41. The van der Waals surface area contributed by atoms with Gasteiger partial charge in [0.05, 0.1) is 17.7 Å². The molecule has 2 aromatic rings. The Bertz CT molecular complexity index is 734. The van der Waals surface area contributed by atoms with Gasteiger partial charge >= 0.3 is 6.18 Å². The molecule has 1 aliphatic rings. The Morgan fingerprint density at radius 1 is 1.21 bits per heavy atom. The molecule has 0 spiro atoms. The summed E-state index contributed by atoms with van der Waals surface area (Å²) in [4.78, 5) is 17.9. The van der Waals surface area contributed by atoms with Crippen LogP contribution in [0.3, 0.4) is 0 Å². The minimum absolute atomic E-state index is 0.0854. The highest BCUT2D eigenvalue weighted by Gasteiger charge is 2.37. The van der Waals surface area contributed by atoms with Gasteiger partial charge in [0, 0.05) is 24.5 Å². The van der Waals surface area contributed by atoms with Crippen LogP contribution in [0, 0.1) is 0 Å². The van der Waals surface area contributed by atoms with Gasteiger partial charge in [0.2, 0.25) is 0 Å². The summed E-state index contributed by atoms with van der Waals surface area (Å²) in [6.07, 6.45) is -2.07. The van der Waals surface area contributed by atoms with Crippen LogP contribution >= 0.6 is 0 Å².